The minimum absolute atomic E-state index is 0.0137. The van der Waals surface area contributed by atoms with Crippen LogP contribution in [-0.2, 0) is 20.0 Å². The highest BCUT2D eigenvalue weighted by atomic mass is 16.5. The van der Waals surface area contributed by atoms with E-state index in [1.807, 2.05) is 24.1 Å². The Bertz CT molecular complexity index is 1920. The first kappa shape index (κ1) is 30.3. The van der Waals surface area contributed by atoms with Crippen LogP contribution in [0.1, 0.15) is 61.0 Å². The van der Waals surface area contributed by atoms with Crippen LogP contribution in [0.4, 0.5) is 0 Å². The quantitative estimate of drug-likeness (QED) is 0.177. The number of likely N-dealkylation sites (tertiary alicyclic amines) is 1. The first-order valence-corrected chi connectivity index (χ1v) is 16.8. The van der Waals surface area contributed by atoms with Gasteiger partial charge in [-0.1, -0.05) is 68.0 Å². The van der Waals surface area contributed by atoms with Crippen molar-refractivity contribution in [3.8, 4) is 17.3 Å². The SMILES string of the molecule is CC[C@@H]1CN(C(=O)c2cc(OC)c3c(c2)nc(-c2cc4ccc(/C=C/CCc5ccccc5)cc4n2CC2CC2)n3C)[C@H](C)C1N. The van der Waals surface area contributed by atoms with Gasteiger partial charge in [0.25, 0.3) is 5.91 Å². The van der Waals surface area contributed by atoms with Gasteiger partial charge in [0, 0.05) is 48.7 Å². The number of aryl methyl sites for hydroxylation is 2. The van der Waals surface area contributed by atoms with Gasteiger partial charge in [-0.25, -0.2) is 4.98 Å². The van der Waals surface area contributed by atoms with Gasteiger partial charge in [-0.3, -0.25) is 4.79 Å². The maximum Gasteiger partial charge on any atom is 0.254 e. The highest BCUT2D eigenvalue weighted by Gasteiger charge is 2.39. The zero-order valence-electron chi connectivity index (χ0n) is 27.4. The fraction of sp³-hybridized carbons (Fsp3) is 0.385. The maximum absolute atomic E-state index is 13.8. The summed E-state index contributed by atoms with van der Waals surface area (Å²) in [6, 6.07) is 23.4. The van der Waals surface area contributed by atoms with Crippen molar-refractivity contribution in [1.29, 1.82) is 0 Å². The first-order chi connectivity index (χ1) is 22.4. The summed E-state index contributed by atoms with van der Waals surface area (Å²) in [4.78, 5) is 20.9. The number of allylic oxidation sites excluding steroid dienone is 1. The number of methoxy groups -OCH3 is 1. The molecule has 0 bridgehead atoms. The summed E-state index contributed by atoms with van der Waals surface area (Å²) in [6.45, 7) is 5.84. The lowest BCUT2D eigenvalue weighted by Gasteiger charge is -2.23. The van der Waals surface area contributed by atoms with E-state index in [0.29, 0.717) is 29.7 Å². The largest absolute Gasteiger partial charge is 0.494 e. The molecule has 46 heavy (non-hydrogen) atoms. The van der Waals surface area contributed by atoms with E-state index in [1.54, 1.807) is 7.11 Å². The van der Waals surface area contributed by atoms with Crippen molar-refractivity contribution in [2.24, 2.45) is 24.6 Å². The monoisotopic (exact) mass is 615 g/mol. The summed E-state index contributed by atoms with van der Waals surface area (Å²) in [6.07, 6.45) is 10.0. The van der Waals surface area contributed by atoms with Gasteiger partial charge in [0.05, 0.1) is 18.3 Å². The van der Waals surface area contributed by atoms with Gasteiger partial charge in [-0.2, -0.15) is 0 Å². The van der Waals surface area contributed by atoms with E-state index in [1.165, 1.54) is 34.9 Å². The van der Waals surface area contributed by atoms with Gasteiger partial charge in [0.2, 0.25) is 0 Å². The van der Waals surface area contributed by atoms with Crippen LogP contribution in [0.3, 0.4) is 0 Å². The Morgan fingerprint density at radius 3 is 2.61 bits per heavy atom. The van der Waals surface area contributed by atoms with E-state index in [0.717, 1.165) is 48.4 Å². The van der Waals surface area contributed by atoms with Crippen molar-refractivity contribution in [1.82, 2.24) is 19.0 Å². The van der Waals surface area contributed by atoms with Gasteiger partial charge < -0.3 is 24.5 Å². The number of hydrogen-bond donors (Lipinski definition) is 1. The van der Waals surface area contributed by atoms with Gasteiger partial charge in [-0.05, 0) is 79.8 Å². The van der Waals surface area contributed by atoms with E-state index in [-0.39, 0.29) is 18.0 Å². The van der Waals surface area contributed by atoms with Crippen LogP contribution in [-0.4, -0.2) is 50.7 Å². The molecule has 0 radical (unpaired) electrons. The van der Waals surface area contributed by atoms with Crippen LogP contribution in [0.5, 0.6) is 5.75 Å². The number of rotatable bonds is 10. The van der Waals surface area contributed by atoms with Crippen molar-refractivity contribution in [3.05, 3.63) is 89.5 Å². The number of carbonyl (C=O) groups is 1. The van der Waals surface area contributed by atoms with E-state index < -0.39 is 0 Å². The molecule has 1 aliphatic heterocycles. The minimum atomic E-state index is -0.0153. The van der Waals surface area contributed by atoms with Gasteiger partial charge >= 0.3 is 0 Å². The Hall–Kier alpha value is -4.36. The van der Waals surface area contributed by atoms with Gasteiger partial charge in [-0.15, -0.1) is 0 Å². The second-order valence-corrected chi connectivity index (χ2v) is 13.3. The second-order valence-electron chi connectivity index (χ2n) is 13.3. The number of amides is 1. The number of aromatic nitrogens is 3. The van der Waals surface area contributed by atoms with Crippen molar-refractivity contribution >= 4 is 33.9 Å². The predicted molar refractivity (Wildman–Crippen MR) is 187 cm³/mol. The van der Waals surface area contributed by atoms with E-state index in [2.05, 4.69) is 89.7 Å². The number of hydrogen-bond acceptors (Lipinski definition) is 4. The van der Waals surface area contributed by atoms with E-state index >= 15 is 0 Å². The lowest BCUT2D eigenvalue weighted by molar-refractivity contribution is 0.0739. The summed E-state index contributed by atoms with van der Waals surface area (Å²) in [5.41, 5.74) is 13.6. The van der Waals surface area contributed by atoms with Crippen LogP contribution in [0.25, 0.3) is 39.5 Å². The molecule has 7 heteroatoms. The van der Waals surface area contributed by atoms with Crippen LogP contribution < -0.4 is 10.5 Å². The maximum atomic E-state index is 13.8. The normalized spacial score (nSPS) is 20.0. The molecule has 238 valence electrons. The molecular weight excluding hydrogens is 570 g/mol. The Morgan fingerprint density at radius 1 is 1.09 bits per heavy atom. The third-order valence-corrected chi connectivity index (χ3v) is 10.3. The Kier molecular flexibility index (Phi) is 8.20. The molecule has 2 N–H and O–H groups in total. The zero-order chi connectivity index (χ0) is 31.9. The number of benzene rings is 3. The highest BCUT2D eigenvalue weighted by Crippen LogP contribution is 2.38. The molecule has 1 aliphatic carbocycles. The third kappa shape index (κ3) is 5.62. The van der Waals surface area contributed by atoms with Crippen LogP contribution in [0, 0.1) is 11.8 Å². The van der Waals surface area contributed by atoms with Crippen LogP contribution in [0.2, 0.25) is 0 Å². The number of nitrogens with zero attached hydrogens (tertiary/aromatic N) is 4. The molecule has 3 aromatic carbocycles. The van der Waals surface area contributed by atoms with E-state index in [9.17, 15) is 4.79 Å². The summed E-state index contributed by atoms with van der Waals surface area (Å²) in [5.74, 6) is 2.51. The molecule has 1 saturated heterocycles. The van der Waals surface area contributed by atoms with Crippen LogP contribution >= 0.6 is 0 Å². The topological polar surface area (TPSA) is 78.3 Å². The number of fused-ring (bicyclic) bond motifs is 2. The molecule has 0 spiro atoms. The summed E-state index contributed by atoms with van der Waals surface area (Å²) < 4.78 is 10.5. The fourth-order valence-electron chi connectivity index (χ4n) is 7.23. The molecule has 2 aliphatic rings. The summed E-state index contributed by atoms with van der Waals surface area (Å²) >= 11 is 0. The standard InChI is InChI=1S/C39H45N5O2/c1-5-29-24-43(25(2)36(29)40)39(45)31-20-32-37(35(22-31)46-4)42(3)38(41-32)34-21-30-18-17-27(19-33(30)44(34)23-28-15-16-28)14-10-9-13-26-11-7-6-8-12-26/h6-8,10-12,14,17-22,25,28-29,36H,5,9,13,15-16,23-24,40H2,1-4H3/b14-10+/t25-,29-,36?/m1/s1. The number of imidazole rings is 1. The molecule has 1 saturated carbocycles. The smallest absolute Gasteiger partial charge is 0.254 e. The van der Waals surface area contributed by atoms with Gasteiger partial charge in [0.15, 0.2) is 5.82 Å². The first-order valence-electron chi connectivity index (χ1n) is 16.8. The zero-order valence-corrected chi connectivity index (χ0v) is 27.4. The fourth-order valence-corrected chi connectivity index (χ4v) is 7.23. The van der Waals surface area contributed by atoms with Crippen molar-refractivity contribution in [2.45, 2.75) is 64.6 Å². The van der Waals surface area contributed by atoms with Crippen molar-refractivity contribution in [3.63, 3.8) is 0 Å². The molecule has 1 unspecified atom stereocenters. The van der Waals surface area contributed by atoms with Crippen LogP contribution in [0.15, 0.2) is 72.8 Å². The van der Waals surface area contributed by atoms with Crippen molar-refractivity contribution < 1.29 is 9.53 Å². The van der Waals surface area contributed by atoms with Crippen molar-refractivity contribution in [2.75, 3.05) is 13.7 Å². The molecule has 2 aromatic heterocycles. The second kappa shape index (κ2) is 12.4. The molecular formula is C39H45N5O2. The molecule has 7 rings (SSSR count). The number of ether oxygens (including phenoxy) is 1. The molecule has 2 fully saturated rings. The molecule has 3 heterocycles. The molecule has 3 atom stereocenters. The average Bonchev–Trinajstić information content (AvgIpc) is 3.66. The number of carbonyl (C=O) groups excluding carboxylic acids is 1. The lowest BCUT2D eigenvalue weighted by Crippen LogP contribution is -2.41. The molecule has 5 aromatic rings. The van der Waals surface area contributed by atoms with Gasteiger partial charge in [0.1, 0.15) is 11.3 Å². The third-order valence-electron chi connectivity index (χ3n) is 10.3. The number of nitrogens with two attached hydrogens (primary N) is 1. The minimum Gasteiger partial charge on any atom is -0.494 e. The molecule has 1 amide bonds. The molecule has 7 nitrogen and oxygen atoms in total. The highest BCUT2D eigenvalue weighted by molar-refractivity contribution is 6.00. The Morgan fingerprint density at radius 2 is 1.89 bits per heavy atom. The Labute approximate surface area is 271 Å². The summed E-state index contributed by atoms with van der Waals surface area (Å²) in [5, 5.41) is 1.21. The lowest BCUT2D eigenvalue weighted by atomic mass is 9.98. The Balaban J connectivity index is 1.24. The predicted octanol–water partition coefficient (Wildman–Crippen LogP) is 7.46. The average molecular weight is 616 g/mol. The summed E-state index contributed by atoms with van der Waals surface area (Å²) in [7, 11) is 3.71. The van der Waals surface area contributed by atoms with E-state index in [4.69, 9.17) is 15.5 Å².